The lowest BCUT2D eigenvalue weighted by Crippen LogP contribution is -2.27. The van der Waals surface area contributed by atoms with Crippen LogP contribution in [0.1, 0.15) is 49.4 Å². The van der Waals surface area contributed by atoms with E-state index in [1.807, 2.05) is 6.07 Å². The number of anilines is 1. The second kappa shape index (κ2) is 4.65. The Labute approximate surface area is 106 Å². The maximum Gasteiger partial charge on any atom is 0.232 e. The topological polar surface area (TPSA) is 83.1 Å². The molecule has 0 aliphatic carbocycles. The Bertz CT molecular complexity index is 542. The molecule has 1 aromatic heterocycles. The summed E-state index contributed by atoms with van der Waals surface area (Å²) in [5, 5.41) is 11.6. The van der Waals surface area contributed by atoms with E-state index in [2.05, 4.69) is 5.32 Å². The summed E-state index contributed by atoms with van der Waals surface area (Å²) in [6, 6.07) is 1.89. The Hall–Kier alpha value is -2.09. The highest BCUT2D eigenvalue weighted by Gasteiger charge is 2.26. The number of hydrogen-bond acceptors (Lipinski definition) is 4. The minimum Gasteiger partial charge on any atom is -0.443 e. The molecule has 1 N–H and O–H groups in total. The van der Waals surface area contributed by atoms with E-state index < -0.39 is 5.41 Å². The van der Waals surface area contributed by atoms with Crippen molar-refractivity contribution >= 4 is 17.6 Å². The zero-order valence-corrected chi connectivity index (χ0v) is 11.2. The lowest BCUT2D eigenvalue weighted by atomic mass is 9.95. The second-order valence-electron chi connectivity index (χ2n) is 5.11. The van der Waals surface area contributed by atoms with E-state index in [-0.39, 0.29) is 28.7 Å². The van der Waals surface area contributed by atoms with Crippen LogP contribution < -0.4 is 5.32 Å². The molecule has 96 valence electrons. The summed E-state index contributed by atoms with van der Waals surface area (Å²) in [7, 11) is 0. The molecule has 0 unspecified atom stereocenters. The van der Waals surface area contributed by atoms with Crippen LogP contribution in [0.2, 0.25) is 0 Å². The van der Waals surface area contributed by atoms with Gasteiger partial charge in [0.15, 0.2) is 5.78 Å². The first-order valence-electron chi connectivity index (χ1n) is 5.54. The van der Waals surface area contributed by atoms with E-state index >= 15 is 0 Å². The smallest absolute Gasteiger partial charge is 0.232 e. The standard InChI is InChI=1S/C13H16N2O3/c1-7(16)10-8(2)18-11(9(10)6-14)15-12(17)13(3,4)5/h1-5H3,(H,15,17). The lowest BCUT2D eigenvalue weighted by molar-refractivity contribution is -0.123. The maximum atomic E-state index is 11.8. The number of nitrogens with zero attached hydrogens (tertiary/aromatic N) is 1. The first-order valence-corrected chi connectivity index (χ1v) is 5.54. The van der Waals surface area contributed by atoms with Crippen molar-refractivity contribution in [3.63, 3.8) is 0 Å². The Balaban J connectivity index is 3.21. The highest BCUT2D eigenvalue weighted by molar-refractivity contribution is 6.01. The molecule has 5 heteroatoms. The molecule has 0 atom stereocenters. The zero-order valence-electron chi connectivity index (χ0n) is 11.2. The fraction of sp³-hybridized carbons (Fsp3) is 0.462. The molecule has 0 spiro atoms. The monoisotopic (exact) mass is 248 g/mol. The van der Waals surface area contributed by atoms with Crippen molar-refractivity contribution in [2.24, 2.45) is 5.41 Å². The van der Waals surface area contributed by atoms with Crippen molar-refractivity contribution in [2.45, 2.75) is 34.6 Å². The van der Waals surface area contributed by atoms with Gasteiger partial charge in [0.05, 0.1) is 5.56 Å². The molecule has 1 amide bonds. The number of carbonyl (C=O) groups is 2. The van der Waals surface area contributed by atoms with Crippen LogP contribution in [0.3, 0.4) is 0 Å². The number of nitrogens with one attached hydrogen (secondary N) is 1. The van der Waals surface area contributed by atoms with Crippen LogP contribution in [0, 0.1) is 23.7 Å². The molecule has 0 aromatic carbocycles. The van der Waals surface area contributed by atoms with Gasteiger partial charge in [-0.3, -0.25) is 14.9 Å². The van der Waals surface area contributed by atoms with Gasteiger partial charge in [-0.25, -0.2) is 0 Å². The number of furan rings is 1. The van der Waals surface area contributed by atoms with Gasteiger partial charge in [-0.2, -0.15) is 5.26 Å². The molecule has 0 aliphatic rings. The Kier molecular flexibility index (Phi) is 3.61. The van der Waals surface area contributed by atoms with E-state index in [0.717, 1.165) is 0 Å². The van der Waals surface area contributed by atoms with Crippen LogP contribution in [0.5, 0.6) is 0 Å². The summed E-state index contributed by atoms with van der Waals surface area (Å²) in [5.41, 5.74) is -0.302. The molecule has 18 heavy (non-hydrogen) atoms. The number of carbonyl (C=O) groups excluding carboxylic acids is 2. The van der Waals surface area contributed by atoms with Gasteiger partial charge in [0, 0.05) is 5.41 Å². The zero-order chi connectivity index (χ0) is 14.1. The summed E-state index contributed by atoms with van der Waals surface area (Å²) in [5.74, 6) is -0.157. The van der Waals surface area contributed by atoms with Crippen LogP contribution in [-0.4, -0.2) is 11.7 Å². The number of ketones is 1. The fourth-order valence-electron chi connectivity index (χ4n) is 1.45. The van der Waals surface area contributed by atoms with Crippen molar-refractivity contribution in [2.75, 3.05) is 5.32 Å². The number of aryl methyl sites for hydroxylation is 1. The first-order chi connectivity index (χ1) is 8.18. The molecule has 0 bridgehead atoms. The molecular formula is C13H16N2O3. The van der Waals surface area contributed by atoms with E-state index in [1.54, 1.807) is 27.7 Å². The van der Waals surface area contributed by atoms with Crippen molar-refractivity contribution in [1.29, 1.82) is 5.26 Å². The molecule has 1 rings (SSSR count). The molecule has 1 aromatic rings. The summed E-state index contributed by atoms with van der Waals surface area (Å²) in [6.45, 7) is 8.18. The third-order valence-electron chi connectivity index (χ3n) is 2.46. The molecule has 0 aliphatic heterocycles. The molecule has 0 fully saturated rings. The molecule has 1 heterocycles. The average Bonchev–Trinajstić information content (AvgIpc) is 2.52. The van der Waals surface area contributed by atoms with Crippen molar-refractivity contribution in [3.05, 3.63) is 16.9 Å². The predicted octanol–water partition coefficient (Wildman–Crippen LogP) is 2.65. The quantitative estimate of drug-likeness (QED) is 0.815. The van der Waals surface area contributed by atoms with Crippen LogP contribution in [0.15, 0.2) is 4.42 Å². The van der Waals surface area contributed by atoms with Gasteiger partial charge >= 0.3 is 0 Å². The number of amides is 1. The molecule has 0 radical (unpaired) electrons. The normalized spacial score (nSPS) is 10.9. The first kappa shape index (κ1) is 14.0. The number of nitriles is 1. The highest BCUT2D eigenvalue weighted by Crippen LogP contribution is 2.28. The minimum atomic E-state index is -0.607. The van der Waals surface area contributed by atoms with Gasteiger partial charge in [0.2, 0.25) is 11.8 Å². The summed E-state index contributed by atoms with van der Waals surface area (Å²) >= 11 is 0. The SMILES string of the molecule is CC(=O)c1c(C)oc(NC(=O)C(C)(C)C)c1C#N. The lowest BCUT2D eigenvalue weighted by Gasteiger charge is -2.16. The van der Waals surface area contributed by atoms with Crippen LogP contribution in [0.4, 0.5) is 5.88 Å². The summed E-state index contributed by atoms with van der Waals surface area (Å²) in [6.07, 6.45) is 0. The largest absolute Gasteiger partial charge is 0.443 e. The van der Waals surface area contributed by atoms with Crippen molar-refractivity contribution < 1.29 is 14.0 Å². The van der Waals surface area contributed by atoms with E-state index in [1.165, 1.54) is 6.92 Å². The van der Waals surface area contributed by atoms with Gasteiger partial charge in [-0.05, 0) is 13.8 Å². The van der Waals surface area contributed by atoms with Gasteiger partial charge in [0.1, 0.15) is 17.4 Å². The fourth-order valence-corrected chi connectivity index (χ4v) is 1.45. The number of Topliss-reactive ketones (excluding diaryl/α,β-unsaturated/α-hetero) is 1. The minimum absolute atomic E-state index is 0.0418. The Morgan fingerprint density at radius 2 is 1.89 bits per heavy atom. The second-order valence-corrected chi connectivity index (χ2v) is 5.11. The van der Waals surface area contributed by atoms with Crippen LogP contribution in [-0.2, 0) is 4.79 Å². The third kappa shape index (κ3) is 2.59. The van der Waals surface area contributed by atoms with E-state index in [0.29, 0.717) is 5.76 Å². The van der Waals surface area contributed by atoms with E-state index in [4.69, 9.17) is 9.68 Å². The summed E-state index contributed by atoms with van der Waals surface area (Å²) < 4.78 is 5.29. The third-order valence-corrected chi connectivity index (χ3v) is 2.46. The number of rotatable bonds is 2. The molecular weight excluding hydrogens is 232 g/mol. The molecule has 5 nitrogen and oxygen atoms in total. The van der Waals surface area contributed by atoms with Crippen molar-refractivity contribution in [3.8, 4) is 6.07 Å². The van der Waals surface area contributed by atoms with Gasteiger partial charge in [-0.1, -0.05) is 20.8 Å². The Morgan fingerprint density at radius 1 is 1.33 bits per heavy atom. The van der Waals surface area contributed by atoms with Crippen LogP contribution in [0.25, 0.3) is 0 Å². The predicted molar refractivity (Wildman–Crippen MR) is 66.2 cm³/mol. The molecule has 0 saturated heterocycles. The average molecular weight is 248 g/mol. The van der Waals surface area contributed by atoms with E-state index in [9.17, 15) is 9.59 Å². The number of hydrogen-bond donors (Lipinski definition) is 1. The highest BCUT2D eigenvalue weighted by atomic mass is 16.4. The van der Waals surface area contributed by atoms with Crippen LogP contribution >= 0.6 is 0 Å². The Morgan fingerprint density at radius 3 is 2.28 bits per heavy atom. The van der Waals surface area contributed by atoms with Gasteiger partial charge < -0.3 is 4.42 Å². The summed E-state index contributed by atoms with van der Waals surface area (Å²) in [4.78, 5) is 23.2. The van der Waals surface area contributed by atoms with Gasteiger partial charge in [-0.15, -0.1) is 0 Å². The van der Waals surface area contributed by atoms with Crippen molar-refractivity contribution in [1.82, 2.24) is 0 Å². The molecule has 0 saturated carbocycles. The van der Waals surface area contributed by atoms with Gasteiger partial charge in [0.25, 0.3) is 0 Å². The maximum absolute atomic E-state index is 11.8.